The Kier molecular flexibility index (Phi) is 3.94. The Morgan fingerprint density at radius 3 is 2.29 bits per heavy atom. The van der Waals surface area contributed by atoms with E-state index in [1.807, 2.05) is 0 Å². The number of fused-ring (bicyclic) bond motifs is 3. The number of hydrogen-bond acceptors (Lipinski definition) is 4. The molecular formula is C21H20N2O4S. The van der Waals surface area contributed by atoms with Crippen molar-refractivity contribution < 1.29 is 17.6 Å². The fourth-order valence-corrected chi connectivity index (χ4v) is 5.25. The summed E-state index contributed by atoms with van der Waals surface area (Å²) >= 11 is 0. The standard InChI is InChI=1S/C21H20N2O4S/c24-21(23-28(25,26)19-12-15-5-1-2-10-18(15)27-19)22-20-16-8-3-6-13(16)11-14-7-4-9-17(14)20/h1-2,5,10-12H,3-4,6-9H2,(H2,22,23,24). The van der Waals surface area contributed by atoms with Gasteiger partial charge < -0.3 is 9.73 Å². The van der Waals surface area contributed by atoms with Crippen LogP contribution in [0, 0.1) is 0 Å². The number of carbonyl (C=O) groups is 1. The minimum atomic E-state index is -4.10. The fourth-order valence-electron chi connectivity index (χ4n) is 4.37. The lowest BCUT2D eigenvalue weighted by atomic mass is 9.99. The molecule has 0 unspecified atom stereocenters. The van der Waals surface area contributed by atoms with Crippen molar-refractivity contribution in [2.24, 2.45) is 0 Å². The van der Waals surface area contributed by atoms with Crippen LogP contribution in [0.5, 0.6) is 0 Å². The van der Waals surface area contributed by atoms with Gasteiger partial charge in [-0.3, -0.25) is 0 Å². The van der Waals surface area contributed by atoms with E-state index in [1.54, 1.807) is 24.3 Å². The van der Waals surface area contributed by atoms with Gasteiger partial charge in [0.15, 0.2) is 0 Å². The van der Waals surface area contributed by atoms with E-state index in [9.17, 15) is 13.2 Å². The van der Waals surface area contributed by atoms with Crippen LogP contribution in [0.2, 0.25) is 0 Å². The van der Waals surface area contributed by atoms with E-state index in [4.69, 9.17) is 4.42 Å². The molecule has 0 bridgehead atoms. The Labute approximate surface area is 163 Å². The number of carbonyl (C=O) groups excluding carboxylic acids is 1. The monoisotopic (exact) mass is 396 g/mol. The lowest BCUT2D eigenvalue weighted by Gasteiger charge is -2.16. The first-order valence-electron chi connectivity index (χ1n) is 9.50. The molecule has 3 aromatic rings. The van der Waals surface area contributed by atoms with Crippen LogP contribution in [0.3, 0.4) is 0 Å². The molecule has 0 aliphatic heterocycles. The van der Waals surface area contributed by atoms with Crippen LogP contribution in [0.4, 0.5) is 10.5 Å². The summed E-state index contributed by atoms with van der Waals surface area (Å²) in [6.07, 6.45) is 5.97. The van der Waals surface area contributed by atoms with Crippen LogP contribution in [0.15, 0.2) is 45.9 Å². The van der Waals surface area contributed by atoms with Crippen molar-refractivity contribution in [1.82, 2.24) is 4.72 Å². The molecule has 6 nitrogen and oxygen atoms in total. The van der Waals surface area contributed by atoms with Gasteiger partial charge in [-0.25, -0.2) is 9.52 Å². The molecule has 1 aromatic heterocycles. The average molecular weight is 396 g/mol. The zero-order chi connectivity index (χ0) is 19.3. The Morgan fingerprint density at radius 2 is 1.61 bits per heavy atom. The minimum absolute atomic E-state index is 0.271. The van der Waals surface area contributed by atoms with E-state index in [0.29, 0.717) is 11.0 Å². The van der Waals surface area contributed by atoms with Gasteiger partial charge in [-0.1, -0.05) is 24.3 Å². The Balaban J connectivity index is 1.42. The third kappa shape index (κ3) is 2.86. The zero-order valence-electron chi connectivity index (χ0n) is 15.2. The number of urea groups is 1. The number of benzene rings is 2. The second kappa shape index (κ2) is 6.38. The highest BCUT2D eigenvalue weighted by Crippen LogP contribution is 2.38. The number of aryl methyl sites for hydroxylation is 2. The van der Waals surface area contributed by atoms with Gasteiger partial charge in [-0.2, -0.15) is 8.42 Å². The van der Waals surface area contributed by atoms with Gasteiger partial charge in [0, 0.05) is 17.1 Å². The molecular weight excluding hydrogens is 376 g/mol. The predicted octanol–water partition coefficient (Wildman–Crippen LogP) is 3.92. The van der Waals surface area contributed by atoms with Gasteiger partial charge in [0.1, 0.15) is 5.58 Å². The molecule has 0 atom stereocenters. The highest BCUT2D eigenvalue weighted by atomic mass is 32.2. The quantitative estimate of drug-likeness (QED) is 0.702. The predicted molar refractivity (Wildman–Crippen MR) is 106 cm³/mol. The molecule has 28 heavy (non-hydrogen) atoms. The van der Waals surface area contributed by atoms with E-state index in [-0.39, 0.29) is 5.09 Å². The SMILES string of the molecule is O=C(Nc1c2c(cc3c1CCC3)CCC2)NS(=O)(=O)c1cc2ccccc2o1. The average Bonchev–Trinajstić information content (AvgIpc) is 3.39. The Morgan fingerprint density at radius 1 is 0.929 bits per heavy atom. The highest BCUT2D eigenvalue weighted by molar-refractivity contribution is 7.90. The number of para-hydroxylation sites is 1. The van der Waals surface area contributed by atoms with Crippen LogP contribution in [0.1, 0.15) is 35.1 Å². The fraction of sp³-hybridized carbons (Fsp3) is 0.286. The molecule has 2 amide bonds. The summed E-state index contributed by atoms with van der Waals surface area (Å²) in [7, 11) is -4.10. The van der Waals surface area contributed by atoms with Crippen LogP contribution in [-0.2, 0) is 35.7 Å². The van der Waals surface area contributed by atoms with E-state index in [2.05, 4.69) is 16.1 Å². The second-order valence-corrected chi connectivity index (χ2v) is 9.01. The van der Waals surface area contributed by atoms with Crippen LogP contribution in [-0.4, -0.2) is 14.4 Å². The second-order valence-electron chi connectivity index (χ2n) is 7.40. The number of amides is 2. The first kappa shape index (κ1) is 17.3. The molecule has 0 saturated heterocycles. The van der Waals surface area contributed by atoms with Crippen LogP contribution >= 0.6 is 0 Å². The van der Waals surface area contributed by atoms with Gasteiger partial charge in [0.2, 0.25) is 5.09 Å². The smallest absolute Gasteiger partial charge is 0.333 e. The molecule has 0 fully saturated rings. The van der Waals surface area contributed by atoms with Crippen molar-refractivity contribution in [2.45, 2.75) is 43.6 Å². The number of anilines is 1. The van der Waals surface area contributed by atoms with E-state index in [1.165, 1.54) is 17.2 Å². The highest BCUT2D eigenvalue weighted by Gasteiger charge is 2.27. The maximum Gasteiger partial charge on any atom is 0.333 e. The molecule has 1 heterocycles. The summed E-state index contributed by atoms with van der Waals surface area (Å²) in [4.78, 5) is 12.6. The van der Waals surface area contributed by atoms with Gasteiger partial charge in [0.05, 0.1) is 0 Å². The van der Waals surface area contributed by atoms with E-state index < -0.39 is 16.1 Å². The normalized spacial score (nSPS) is 15.4. The molecule has 0 spiro atoms. The van der Waals surface area contributed by atoms with E-state index >= 15 is 0 Å². The minimum Gasteiger partial charge on any atom is -0.443 e. The zero-order valence-corrected chi connectivity index (χ0v) is 16.1. The lowest BCUT2D eigenvalue weighted by Crippen LogP contribution is -2.34. The largest absolute Gasteiger partial charge is 0.443 e. The first-order chi connectivity index (χ1) is 13.5. The van der Waals surface area contributed by atoms with Crippen LogP contribution < -0.4 is 10.0 Å². The van der Waals surface area contributed by atoms with Crippen molar-refractivity contribution in [3.8, 4) is 0 Å². The van der Waals surface area contributed by atoms with Crippen molar-refractivity contribution in [1.29, 1.82) is 0 Å². The van der Waals surface area contributed by atoms with Crippen molar-refractivity contribution in [3.63, 3.8) is 0 Å². The summed E-state index contributed by atoms with van der Waals surface area (Å²) in [6, 6.07) is 9.93. The summed E-state index contributed by atoms with van der Waals surface area (Å²) in [5.41, 5.74) is 6.11. The molecule has 5 rings (SSSR count). The van der Waals surface area contributed by atoms with Gasteiger partial charge >= 0.3 is 6.03 Å². The molecule has 0 saturated carbocycles. The molecule has 2 N–H and O–H groups in total. The summed E-state index contributed by atoms with van der Waals surface area (Å²) in [6.45, 7) is 0. The van der Waals surface area contributed by atoms with Gasteiger partial charge in [-0.05, 0) is 66.8 Å². The van der Waals surface area contributed by atoms with Crippen molar-refractivity contribution >= 4 is 32.7 Å². The first-order valence-corrected chi connectivity index (χ1v) is 11.0. The molecule has 2 aliphatic rings. The van der Waals surface area contributed by atoms with Crippen LogP contribution in [0.25, 0.3) is 11.0 Å². The third-order valence-corrected chi connectivity index (χ3v) is 6.79. The summed E-state index contributed by atoms with van der Waals surface area (Å²) in [5.74, 6) is 0. The summed E-state index contributed by atoms with van der Waals surface area (Å²) in [5, 5.41) is 3.23. The molecule has 7 heteroatoms. The van der Waals surface area contributed by atoms with Gasteiger partial charge in [0.25, 0.3) is 10.0 Å². The lowest BCUT2D eigenvalue weighted by molar-refractivity contribution is 0.256. The number of furan rings is 1. The maximum absolute atomic E-state index is 12.6. The topological polar surface area (TPSA) is 88.4 Å². The Hall–Kier alpha value is -2.80. The summed E-state index contributed by atoms with van der Waals surface area (Å²) < 4.78 is 32.7. The van der Waals surface area contributed by atoms with Crippen molar-refractivity contribution in [2.75, 3.05) is 5.32 Å². The third-order valence-electron chi connectivity index (χ3n) is 5.61. The Bertz CT molecular complexity index is 1150. The van der Waals surface area contributed by atoms with E-state index in [0.717, 1.165) is 55.3 Å². The number of sulfonamides is 1. The molecule has 144 valence electrons. The van der Waals surface area contributed by atoms with Crippen molar-refractivity contribution in [3.05, 3.63) is 58.7 Å². The van der Waals surface area contributed by atoms with Gasteiger partial charge in [-0.15, -0.1) is 0 Å². The maximum atomic E-state index is 12.6. The number of hydrogen-bond donors (Lipinski definition) is 2. The molecule has 2 aliphatic carbocycles. The molecule has 0 radical (unpaired) electrons. The number of rotatable bonds is 3. The number of nitrogens with one attached hydrogen (secondary N) is 2. The molecule has 2 aromatic carbocycles.